The molecule has 0 atom stereocenters. The lowest BCUT2D eigenvalue weighted by Crippen LogP contribution is -2.22. The first kappa shape index (κ1) is 20.5. The van der Waals surface area contributed by atoms with Gasteiger partial charge in [0.1, 0.15) is 6.61 Å². The van der Waals surface area contributed by atoms with Crippen molar-refractivity contribution in [3.8, 4) is 0 Å². The summed E-state index contributed by atoms with van der Waals surface area (Å²) in [6.45, 7) is 1.56. The fourth-order valence-electron chi connectivity index (χ4n) is 2.70. The van der Waals surface area contributed by atoms with E-state index in [1.165, 1.54) is 30.0 Å². The molecule has 4 rings (SSSR count). The Morgan fingerprint density at radius 3 is 2.60 bits per heavy atom. The van der Waals surface area contributed by atoms with E-state index >= 15 is 0 Å². The van der Waals surface area contributed by atoms with Crippen molar-refractivity contribution < 1.29 is 14.3 Å². The summed E-state index contributed by atoms with van der Waals surface area (Å²) >= 11 is 4.25. The Morgan fingerprint density at radius 1 is 1.07 bits per heavy atom. The van der Waals surface area contributed by atoms with Gasteiger partial charge in [-0.3, -0.25) is 14.5 Å². The number of carbonyl (C=O) groups is 2. The van der Waals surface area contributed by atoms with Crippen LogP contribution < -0.4 is 4.90 Å². The quantitative estimate of drug-likeness (QED) is 0.279. The maximum absolute atomic E-state index is 12.1. The number of nitrogens with zero attached hydrogens (tertiary/aromatic N) is 3. The van der Waals surface area contributed by atoms with Crippen LogP contribution in [0.5, 0.6) is 0 Å². The van der Waals surface area contributed by atoms with Crippen LogP contribution >= 0.6 is 34.4 Å². The van der Waals surface area contributed by atoms with E-state index in [0.717, 1.165) is 20.2 Å². The van der Waals surface area contributed by atoms with Crippen molar-refractivity contribution in [1.82, 2.24) is 9.97 Å². The molecule has 0 spiro atoms. The zero-order chi connectivity index (χ0) is 20.9. The van der Waals surface area contributed by atoms with Gasteiger partial charge in [0, 0.05) is 12.3 Å². The first-order valence-electron chi connectivity index (χ1n) is 9.04. The number of ether oxygens (including phenoxy) is 1. The molecule has 0 bridgehead atoms. The van der Waals surface area contributed by atoms with E-state index in [1.807, 2.05) is 54.6 Å². The third-order valence-electron chi connectivity index (χ3n) is 4.03. The first-order valence-corrected chi connectivity index (χ1v) is 11.7. The summed E-state index contributed by atoms with van der Waals surface area (Å²) in [6.07, 6.45) is 0. The minimum absolute atomic E-state index is 0.0657. The lowest BCUT2D eigenvalue weighted by Gasteiger charge is -2.17. The SMILES string of the molecule is CC(=O)N(c1ccccc1)c1nc(COC(=O)CSc2nc3ccccc3s2)cs1. The molecule has 2 aromatic carbocycles. The van der Waals surface area contributed by atoms with Gasteiger partial charge in [-0.25, -0.2) is 9.97 Å². The number of anilines is 2. The molecule has 0 saturated heterocycles. The third-order valence-corrected chi connectivity index (χ3v) is 7.06. The van der Waals surface area contributed by atoms with Crippen LogP contribution in [0.25, 0.3) is 10.2 Å². The van der Waals surface area contributed by atoms with E-state index in [2.05, 4.69) is 9.97 Å². The summed E-state index contributed by atoms with van der Waals surface area (Å²) in [4.78, 5) is 34.7. The maximum Gasteiger partial charge on any atom is 0.316 e. The molecule has 6 nitrogen and oxygen atoms in total. The van der Waals surface area contributed by atoms with E-state index in [1.54, 1.807) is 21.6 Å². The summed E-state index contributed by atoms with van der Waals surface area (Å²) in [7, 11) is 0. The van der Waals surface area contributed by atoms with Gasteiger partial charge in [0.2, 0.25) is 5.91 Å². The molecule has 1 amide bonds. The number of aromatic nitrogens is 2. The maximum atomic E-state index is 12.1. The summed E-state index contributed by atoms with van der Waals surface area (Å²) in [5, 5.41) is 2.34. The summed E-state index contributed by atoms with van der Waals surface area (Å²) in [5.41, 5.74) is 2.28. The second kappa shape index (κ2) is 9.38. The lowest BCUT2D eigenvalue weighted by atomic mass is 10.3. The lowest BCUT2D eigenvalue weighted by molar-refractivity contribution is -0.141. The fraction of sp³-hybridized carbons (Fsp3) is 0.143. The third kappa shape index (κ3) is 4.86. The van der Waals surface area contributed by atoms with Crippen molar-refractivity contribution in [3.05, 3.63) is 65.7 Å². The van der Waals surface area contributed by atoms with Crippen molar-refractivity contribution in [2.75, 3.05) is 10.7 Å². The zero-order valence-corrected chi connectivity index (χ0v) is 18.4. The van der Waals surface area contributed by atoms with Crippen LogP contribution in [-0.4, -0.2) is 27.6 Å². The average Bonchev–Trinajstić information content (AvgIpc) is 3.38. The summed E-state index contributed by atoms with van der Waals surface area (Å²) in [5.74, 6) is -0.285. The fourth-order valence-corrected chi connectivity index (χ4v) is 5.44. The number of hydrogen-bond acceptors (Lipinski definition) is 8. The van der Waals surface area contributed by atoms with Crippen molar-refractivity contribution >= 4 is 67.3 Å². The van der Waals surface area contributed by atoms with E-state index in [0.29, 0.717) is 10.8 Å². The normalized spacial score (nSPS) is 10.8. The smallest absolute Gasteiger partial charge is 0.316 e. The Kier molecular flexibility index (Phi) is 6.41. The molecule has 0 saturated carbocycles. The highest BCUT2D eigenvalue weighted by molar-refractivity contribution is 8.01. The van der Waals surface area contributed by atoms with Crippen molar-refractivity contribution in [1.29, 1.82) is 0 Å². The topological polar surface area (TPSA) is 72.4 Å². The molecular formula is C21H17N3O3S3. The van der Waals surface area contributed by atoms with Crippen molar-refractivity contribution in [3.63, 3.8) is 0 Å². The van der Waals surface area contributed by atoms with Gasteiger partial charge >= 0.3 is 5.97 Å². The minimum Gasteiger partial charge on any atom is -0.459 e. The number of rotatable bonds is 7. The van der Waals surface area contributed by atoms with Crippen molar-refractivity contribution in [2.24, 2.45) is 0 Å². The molecule has 9 heteroatoms. The molecule has 0 aliphatic heterocycles. The molecule has 30 heavy (non-hydrogen) atoms. The van der Waals surface area contributed by atoms with Gasteiger partial charge < -0.3 is 4.74 Å². The highest BCUT2D eigenvalue weighted by atomic mass is 32.2. The molecular weight excluding hydrogens is 438 g/mol. The number of esters is 1. The van der Waals surface area contributed by atoms with Gasteiger partial charge in [0.15, 0.2) is 9.47 Å². The van der Waals surface area contributed by atoms with E-state index in [-0.39, 0.29) is 24.2 Å². The molecule has 2 heterocycles. The predicted octanol–water partition coefficient (Wildman–Crippen LogP) is 5.27. The molecule has 152 valence electrons. The van der Waals surface area contributed by atoms with Crippen molar-refractivity contribution in [2.45, 2.75) is 17.9 Å². The Balaban J connectivity index is 1.33. The second-order valence-corrected chi connectivity index (χ2v) is 9.30. The van der Waals surface area contributed by atoms with Gasteiger partial charge in [0.25, 0.3) is 0 Å². The van der Waals surface area contributed by atoms with Crippen LogP contribution in [0.2, 0.25) is 0 Å². The largest absolute Gasteiger partial charge is 0.459 e. The number of fused-ring (bicyclic) bond motifs is 1. The molecule has 0 radical (unpaired) electrons. The van der Waals surface area contributed by atoms with E-state index in [4.69, 9.17) is 4.74 Å². The zero-order valence-electron chi connectivity index (χ0n) is 16.0. The van der Waals surface area contributed by atoms with Crippen LogP contribution in [0.15, 0.2) is 64.3 Å². The molecule has 0 fully saturated rings. The Bertz CT molecular complexity index is 1140. The molecule has 0 aliphatic carbocycles. The Morgan fingerprint density at radius 2 is 1.83 bits per heavy atom. The van der Waals surface area contributed by atoms with Gasteiger partial charge in [-0.2, -0.15) is 0 Å². The van der Waals surface area contributed by atoms with Crippen LogP contribution in [0.4, 0.5) is 10.8 Å². The van der Waals surface area contributed by atoms with E-state index < -0.39 is 0 Å². The van der Waals surface area contributed by atoms with Gasteiger partial charge in [-0.15, -0.1) is 22.7 Å². The standard InChI is InChI=1S/C21H17N3O3S3/c1-14(25)24(16-7-3-2-4-8-16)20-22-15(12-28-20)11-27-19(26)13-29-21-23-17-9-5-6-10-18(17)30-21/h2-10,12H,11,13H2,1H3. The monoisotopic (exact) mass is 455 g/mol. The molecule has 2 aromatic heterocycles. The Labute approximate surface area is 185 Å². The van der Waals surface area contributed by atoms with Gasteiger partial charge in [0.05, 0.1) is 27.4 Å². The molecule has 4 aromatic rings. The van der Waals surface area contributed by atoms with Crippen LogP contribution in [0, 0.1) is 0 Å². The average molecular weight is 456 g/mol. The van der Waals surface area contributed by atoms with Crippen LogP contribution in [-0.2, 0) is 20.9 Å². The number of thioether (sulfide) groups is 1. The molecule has 0 N–H and O–H groups in total. The van der Waals surface area contributed by atoms with Crippen LogP contribution in [0.3, 0.4) is 0 Å². The number of hydrogen-bond donors (Lipinski definition) is 0. The predicted molar refractivity (Wildman–Crippen MR) is 122 cm³/mol. The number of amides is 1. The summed E-state index contributed by atoms with van der Waals surface area (Å²) in [6, 6.07) is 17.2. The molecule has 0 aliphatic rings. The highest BCUT2D eigenvalue weighted by Crippen LogP contribution is 2.30. The van der Waals surface area contributed by atoms with Gasteiger partial charge in [-0.1, -0.05) is 42.1 Å². The first-order chi connectivity index (χ1) is 14.6. The number of benzene rings is 2. The number of thiazole rings is 2. The second-order valence-electron chi connectivity index (χ2n) is 6.21. The minimum atomic E-state index is -0.333. The molecule has 0 unspecified atom stereocenters. The number of para-hydroxylation sites is 2. The van der Waals surface area contributed by atoms with E-state index in [9.17, 15) is 9.59 Å². The van der Waals surface area contributed by atoms with Crippen LogP contribution in [0.1, 0.15) is 12.6 Å². The number of carbonyl (C=O) groups excluding carboxylic acids is 2. The van der Waals surface area contributed by atoms with Gasteiger partial charge in [-0.05, 0) is 24.3 Å². The summed E-state index contributed by atoms with van der Waals surface area (Å²) < 4.78 is 7.27. The highest BCUT2D eigenvalue weighted by Gasteiger charge is 2.18. The Hall–Kier alpha value is -2.75.